The molecule has 0 saturated heterocycles. The minimum Gasteiger partial charge on any atom is -0.386 e. The molecule has 0 fully saturated rings. The molecule has 1 amide bonds. The van der Waals surface area contributed by atoms with E-state index in [-0.39, 0.29) is 6.61 Å². The number of rotatable bonds is 3. The highest BCUT2D eigenvalue weighted by molar-refractivity contribution is 5.79. The van der Waals surface area contributed by atoms with Crippen LogP contribution in [0.5, 0.6) is 0 Å². The number of oxime groups is 1. The van der Waals surface area contributed by atoms with E-state index in [2.05, 4.69) is 9.99 Å². The van der Waals surface area contributed by atoms with E-state index < -0.39 is 5.91 Å². The molecular weight excluding hydrogens is 120 g/mol. The van der Waals surface area contributed by atoms with Crippen LogP contribution in [0.25, 0.3) is 0 Å². The predicted octanol–water partition coefficient (Wildman–Crippen LogP) is -0.116. The molecule has 0 aliphatic heterocycles. The Balaban J connectivity index is 3.31. The van der Waals surface area contributed by atoms with Gasteiger partial charge in [-0.2, -0.15) is 0 Å². The maximum Gasteiger partial charge on any atom is 0.258 e. The molecule has 0 aliphatic rings. The molecule has 52 valence electrons. The lowest BCUT2D eigenvalue weighted by atomic mass is 10.5. The van der Waals surface area contributed by atoms with Gasteiger partial charge in [-0.25, -0.2) is 0 Å². The van der Waals surface area contributed by atoms with Crippen LogP contribution in [0.15, 0.2) is 5.16 Å². The Labute approximate surface area is 53.7 Å². The molecule has 0 radical (unpaired) electrons. The molecule has 0 unspecified atom stereocenters. The largest absolute Gasteiger partial charge is 0.386 e. The zero-order valence-electron chi connectivity index (χ0n) is 5.55. The van der Waals surface area contributed by atoms with Gasteiger partial charge in [-0.3, -0.25) is 4.79 Å². The van der Waals surface area contributed by atoms with Crippen molar-refractivity contribution in [3.63, 3.8) is 0 Å². The molecule has 2 N–H and O–H groups in total. The standard InChI is InChI=1S/C5H10N2O2/c1-4(2)7-9-3-5(6)8/h3H2,1-2H3,(H2,6,8). The van der Waals surface area contributed by atoms with Gasteiger partial charge in [0.15, 0.2) is 6.61 Å². The van der Waals surface area contributed by atoms with Crippen LogP contribution in [0, 0.1) is 0 Å². The Kier molecular flexibility index (Phi) is 3.43. The predicted molar refractivity (Wildman–Crippen MR) is 33.9 cm³/mol. The Morgan fingerprint density at radius 3 is 2.56 bits per heavy atom. The van der Waals surface area contributed by atoms with E-state index in [1.54, 1.807) is 13.8 Å². The Hall–Kier alpha value is -1.06. The molecular formula is C5H10N2O2. The third-order valence-corrected chi connectivity index (χ3v) is 0.454. The minimum absolute atomic E-state index is 0.148. The highest BCUT2D eigenvalue weighted by atomic mass is 16.6. The fourth-order valence-corrected chi connectivity index (χ4v) is 0.225. The Bertz CT molecular complexity index is 127. The summed E-state index contributed by atoms with van der Waals surface area (Å²) < 4.78 is 0. The first kappa shape index (κ1) is 7.94. The van der Waals surface area contributed by atoms with Crippen molar-refractivity contribution < 1.29 is 9.63 Å². The first-order chi connectivity index (χ1) is 4.13. The van der Waals surface area contributed by atoms with E-state index in [0.29, 0.717) is 0 Å². The summed E-state index contributed by atoms with van der Waals surface area (Å²) in [5, 5.41) is 3.48. The summed E-state index contributed by atoms with van der Waals surface area (Å²) in [6.45, 7) is 3.38. The fourth-order valence-electron chi connectivity index (χ4n) is 0.225. The smallest absolute Gasteiger partial charge is 0.258 e. The second-order valence-electron chi connectivity index (χ2n) is 1.78. The van der Waals surface area contributed by atoms with Crippen LogP contribution in [0.4, 0.5) is 0 Å². The third kappa shape index (κ3) is 6.94. The quantitative estimate of drug-likeness (QED) is 0.427. The summed E-state index contributed by atoms with van der Waals surface area (Å²) >= 11 is 0. The van der Waals surface area contributed by atoms with Crippen molar-refractivity contribution in [1.82, 2.24) is 0 Å². The van der Waals surface area contributed by atoms with Crippen LogP contribution >= 0.6 is 0 Å². The van der Waals surface area contributed by atoms with E-state index >= 15 is 0 Å². The molecule has 0 aromatic carbocycles. The van der Waals surface area contributed by atoms with Crippen molar-refractivity contribution in [2.45, 2.75) is 13.8 Å². The van der Waals surface area contributed by atoms with Gasteiger partial charge in [0.05, 0.1) is 5.71 Å². The molecule has 0 heterocycles. The van der Waals surface area contributed by atoms with Crippen LogP contribution in [0.2, 0.25) is 0 Å². The van der Waals surface area contributed by atoms with Crippen molar-refractivity contribution in [1.29, 1.82) is 0 Å². The van der Waals surface area contributed by atoms with Crippen molar-refractivity contribution in [2.24, 2.45) is 10.9 Å². The summed E-state index contributed by atoms with van der Waals surface area (Å²) in [7, 11) is 0. The minimum atomic E-state index is -0.514. The SMILES string of the molecule is CC(C)=NOCC(N)=O. The summed E-state index contributed by atoms with van der Waals surface area (Å²) in [6.07, 6.45) is 0. The van der Waals surface area contributed by atoms with E-state index in [4.69, 9.17) is 5.73 Å². The first-order valence-electron chi connectivity index (χ1n) is 2.54. The van der Waals surface area contributed by atoms with E-state index in [1.165, 1.54) is 0 Å². The molecule has 0 rings (SSSR count). The molecule has 9 heavy (non-hydrogen) atoms. The van der Waals surface area contributed by atoms with E-state index in [9.17, 15) is 4.79 Å². The van der Waals surface area contributed by atoms with Crippen molar-refractivity contribution >= 4 is 11.6 Å². The van der Waals surface area contributed by atoms with Gasteiger partial charge in [0.2, 0.25) is 0 Å². The molecule has 0 spiro atoms. The lowest BCUT2D eigenvalue weighted by Gasteiger charge is -1.92. The first-order valence-corrected chi connectivity index (χ1v) is 2.54. The molecule has 0 aliphatic carbocycles. The van der Waals surface area contributed by atoms with Crippen molar-refractivity contribution in [3.8, 4) is 0 Å². The van der Waals surface area contributed by atoms with Crippen LogP contribution in [0.1, 0.15) is 13.8 Å². The second-order valence-corrected chi connectivity index (χ2v) is 1.78. The molecule has 4 nitrogen and oxygen atoms in total. The average Bonchev–Trinajstić information content (AvgIpc) is 1.63. The maximum atomic E-state index is 10.0. The number of carbonyl (C=O) groups excluding carboxylic acids is 1. The van der Waals surface area contributed by atoms with Gasteiger partial charge >= 0.3 is 0 Å². The fraction of sp³-hybridized carbons (Fsp3) is 0.600. The number of hydrogen-bond donors (Lipinski definition) is 1. The van der Waals surface area contributed by atoms with Crippen LogP contribution < -0.4 is 5.73 Å². The monoisotopic (exact) mass is 130 g/mol. The summed E-state index contributed by atoms with van der Waals surface area (Å²) in [5.74, 6) is -0.514. The average molecular weight is 130 g/mol. The number of carbonyl (C=O) groups is 1. The summed E-state index contributed by atoms with van der Waals surface area (Å²) in [4.78, 5) is 14.5. The molecule has 4 heteroatoms. The van der Waals surface area contributed by atoms with Gasteiger partial charge in [0.1, 0.15) is 0 Å². The van der Waals surface area contributed by atoms with Crippen LogP contribution in [-0.4, -0.2) is 18.2 Å². The van der Waals surface area contributed by atoms with Crippen molar-refractivity contribution in [3.05, 3.63) is 0 Å². The molecule has 0 atom stereocenters. The summed E-state index contributed by atoms with van der Waals surface area (Å²) in [6, 6.07) is 0. The van der Waals surface area contributed by atoms with Gasteiger partial charge in [-0.05, 0) is 13.8 Å². The van der Waals surface area contributed by atoms with Crippen LogP contribution in [0.3, 0.4) is 0 Å². The van der Waals surface area contributed by atoms with E-state index in [0.717, 1.165) is 5.71 Å². The Morgan fingerprint density at radius 1 is 1.67 bits per heavy atom. The van der Waals surface area contributed by atoms with Crippen LogP contribution in [-0.2, 0) is 9.63 Å². The number of nitrogens with two attached hydrogens (primary N) is 1. The molecule has 0 saturated carbocycles. The lowest BCUT2D eigenvalue weighted by Crippen LogP contribution is -2.16. The highest BCUT2D eigenvalue weighted by Gasteiger charge is 1.89. The lowest BCUT2D eigenvalue weighted by molar-refractivity contribution is -0.122. The number of amides is 1. The highest BCUT2D eigenvalue weighted by Crippen LogP contribution is 1.77. The Morgan fingerprint density at radius 2 is 2.22 bits per heavy atom. The molecule has 0 aromatic heterocycles. The van der Waals surface area contributed by atoms with Gasteiger partial charge in [-0.1, -0.05) is 5.16 Å². The van der Waals surface area contributed by atoms with Gasteiger partial charge < -0.3 is 10.6 Å². The topological polar surface area (TPSA) is 64.7 Å². The zero-order chi connectivity index (χ0) is 7.28. The number of primary amides is 1. The van der Waals surface area contributed by atoms with Gasteiger partial charge in [0.25, 0.3) is 5.91 Å². The second kappa shape index (κ2) is 3.88. The summed E-state index contributed by atoms with van der Waals surface area (Å²) in [5.41, 5.74) is 5.51. The normalized spacial score (nSPS) is 8.22. The van der Waals surface area contributed by atoms with Gasteiger partial charge in [-0.15, -0.1) is 0 Å². The number of nitrogens with zero attached hydrogens (tertiary/aromatic N) is 1. The van der Waals surface area contributed by atoms with E-state index in [1.807, 2.05) is 0 Å². The molecule has 0 bridgehead atoms. The molecule has 0 aromatic rings. The third-order valence-electron chi connectivity index (χ3n) is 0.454. The maximum absolute atomic E-state index is 10.0. The number of hydrogen-bond acceptors (Lipinski definition) is 3. The zero-order valence-corrected chi connectivity index (χ0v) is 5.55. The van der Waals surface area contributed by atoms with Crippen molar-refractivity contribution in [2.75, 3.05) is 6.61 Å². The van der Waals surface area contributed by atoms with Gasteiger partial charge in [0, 0.05) is 0 Å².